The van der Waals surface area contributed by atoms with Crippen molar-refractivity contribution in [3.8, 4) is 5.75 Å². The second-order valence-corrected chi connectivity index (χ2v) is 5.33. The standard InChI is InChI=1S/C17H18N2O2/c1-17(18-11-12-6-4-3-5-7-12)14-9-8-13(21-2)10-15(14)19-16(17)20/h3-10,18H,11H2,1-2H3,(H,19,20). The van der Waals surface area contributed by atoms with Gasteiger partial charge in [-0.05, 0) is 18.6 Å². The molecule has 4 nitrogen and oxygen atoms in total. The molecule has 108 valence electrons. The Labute approximate surface area is 124 Å². The van der Waals surface area contributed by atoms with Crippen LogP contribution in [0.3, 0.4) is 0 Å². The number of benzene rings is 2. The van der Waals surface area contributed by atoms with Crippen LogP contribution >= 0.6 is 0 Å². The zero-order valence-corrected chi connectivity index (χ0v) is 12.1. The highest BCUT2D eigenvalue weighted by molar-refractivity contribution is 6.05. The van der Waals surface area contributed by atoms with E-state index in [4.69, 9.17) is 4.74 Å². The van der Waals surface area contributed by atoms with E-state index in [1.165, 1.54) is 0 Å². The minimum Gasteiger partial charge on any atom is -0.497 e. The maximum atomic E-state index is 12.4. The van der Waals surface area contributed by atoms with Gasteiger partial charge < -0.3 is 10.1 Å². The van der Waals surface area contributed by atoms with Gasteiger partial charge in [-0.1, -0.05) is 36.4 Å². The van der Waals surface area contributed by atoms with Crippen LogP contribution in [0.25, 0.3) is 0 Å². The molecule has 0 bridgehead atoms. The summed E-state index contributed by atoms with van der Waals surface area (Å²) in [5.74, 6) is 0.697. The number of amides is 1. The summed E-state index contributed by atoms with van der Waals surface area (Å²) >= 11 is 0. The van der Waals surface area contributed by atoms with Crippen LogP contribution in [0.1, 0.15) is 18.1 Å². The van der Waals surface area contributed by atoms with Gasteiger partial charge in [-0.2, -0.15) is 0 Å². The number of methoxy groups -OCH3 is 1. The fraction of sp³-hybridized carbons (Fsp3) is 0.235. The number of hydrogen-bond donors (Lipinski definition) is 2. The normalized spacial score (nSPS) is 20.0. The Balaban J connectivity index is 1.86. The van der Waals surface area contributed by atoms with Crippen molar-refractivity contribution in [3.05, 3.63) is 59.7 Å². The first-order valence-corrected chi connectivity index (χ1v) is 6.92. The van der Waals surface area contributed by atoms with E-state index in [1.807, 2.05) is 55.5 Å². The molecule has 1 unspecified atom stereocenters. The third-order valence-electron chi connectivity index (χ3n) is 3.96. The molecule has 1 heterocycles. The minimum absolute atomic E-state index is 0.0401. The monoisotopic (exact) mass is 282 g/mol. The van der Waals surface area contributed by atoms with Crippen LogP contribution in [0.15, 0.2) is 48.5 Å². The van der Waals surface area contributed by atoms with Gasteiger partial charge >= 0.3 is 0 Å². The first-order valence-electron chi connectivity index (χ1n) is 6.92. The lowest BCUT2D eigenvalue weighted by Gasteiger charge is -2.24. The SMILES string of the molecule is COc1ccc2c(c1)NC(=O)C2(C)NCc1ccccc1. The Morgan fingerprint density at radius 2 is 1.95 bits per heavy atom. The Kier molecular flexibility index (Phi) is 3.39. The summed E-state index contributed by atoms with van der Waals surface area (Å²) in [6, 6.07) is 15.7. The molecule has 0 saturated carbocycles. The molecule has 0 spiro atoms. The maximum absolute atomic E-state index is 12.4. The van der Waals surface area contributed by atoms with Crippen molar-refractivity contribution in [1.82, 2.24) is 5.32 Å². The lowest BCUT2D eigenvalue weighted by molar-refractivity contribution is -0.121. The molecule has 21 heavy (non-hydrogen) atoms. The molecule has 1 amide bonds. The molecule has 1 atom stereocenters. The lowest BCUT2D eigenvalue weighted by Crippen LogP contribution is -2.44. The number of rotatable bonds is 4. The lowest BCUT2D eigenvalue weighted by atomic mass is 9.93. The van der Waals surface area contributed by atoms with Crippen LogP contribution in [-0.2, 0) is 16.9 Å². The highest BCUT2D eigenvalue weighted by Gasteiger charge is 2.42. The smallest absolute Gasteiger partial charge is 0.249 e. The molecule has 1 aliphatic heterocycles. The van der Waals surface area contributed by atoms with Crippen molar-refractivity contribution < 1.29 is 9.53 Å². The first kappa shape index (κ1) is 13.6. The second-order valence-electron chi connectivity index (χ2n) is 5.33. The summed E-state index contributed by atoms with van der Waals surface area (Å²) in [5.41, 5.74) is 2.18. The molecule has 4 heteroatoms. The largest absolute Gasteiger partial charge is 0.497 e. The molecular formula is C17H18N2O2. The van der Waals surface area contributed by atoms with Gasteiger partial charge in [-0.15, -0.1) is 0 Å². The van der Waals surface area contributed by atoms with Crippen molar-refractivity contribution in [2.45, 2.75) is 19.0 Å². The van der Waals surface area contributed by atoms with Gasteiger partial charge in [0.25, 0.3) is 0 Å². The van der Waals surface area contributed by atoms with Crippen LogP contribution in [-0.4, -0.2) is 13.0 Å². The summed E-state index contributed by atoms with van der Waals surface area (Å²) in [5, 5.41) is 6.28. The Bertz CT molecular complexity index is 670. The quantitative estimate of drug-likeness (QED) is 0.906. The van der Waals surface area contributed by atoms with Crippen LogP contribution in [0, 0.1) is 0 Å². The van der Waals surface area contributed by atoms with Crippen LogP contribution in [0.4, 0.5) is 5.69 Å². The molecule has 0 saturated heterocycles. The van der Waals surface area contributed by atoms with Crippen molar-refractivity contribution in [1.29, 1.82) is 0 Å². The Hall–Kier alpha value is -2.33. The first-order chi connectivity index (χ1) is 10.1. The van der Waals surface area contributed by atoms with Gasteiger partial charge in [0.05, 0.1) is 12.8 Å². The molecule has 3 rings (SSSR count). The molecule has 1 aliphatic rings. The summed E-state index contributed by atoms with van der Waals surface area (Å²) < 4.78 is 5.20. The van der Waals surface area contributed by atoms with Gasteiger partial charge in [0.1, 0.15) is 11.3 Å². The van der Waals surface area contributed by atoms with E-state index in [9.17, 15) is 4.79 Å². The average Bonchev–Trinajstić information content (AvgIpc) is 2.77. The molecular weight excluding hydrogens is 264 g/mol. The predicted octanol–water partition coefficient (Wildman–Crippen LogP) is 2.65. The molecule has 0 aromatic heterocycles. The summed E-state index contributed by atoms with van der Waals surface area (Å²) in [7, 11) is 1.62. The molecule has 2 N–H and O–H groups in total. The second kappa shape index (κ2) is 5.22. The topological polar surface area (TPSA) is 50.4 Å². The van der Waals surface area contributed by atoms with Crippen molar-refractivity contribution >= 4 is 11.6 Å². The molecule has 0 fully saturated rings. The van der Waals surface area contributed by atoms with E-state index in [1.54, 1.807) is 7.11 Å². The number of hydrogen-bond acceptors (Lipinski definition) is 3. The number of nitrogens with one attached hydrogen (secondary N) is 2. The van der Waals surface area contributed by atoms with Gasteiger partial charge in [-0.25, -0.2) is 0 Å². The summed E-state index contributed by atoms with van der Waals surface area (Å²) in [6.07, 6.45) is 0. The van der Waals surface area contributed by atoms with Crippen LogP contribution < -0.4 is 15.4 Å². The van der Waals surface area contributed by atoms with E-state index in [2.05, 4.69) is 10.6 Å². The van der Waals surface area contributed by atoms with E-state index < -0.39 is 5.54 Å². The number of ether oxygens (including phenoxy) is 1. The van der Waals surface area contributed by atoms with Gasteiger partial charge in [0.2, 0.25) is 5.91 Å². The third-order valence-corrected chi connectivity index (χ3v) is 3.96. The van der Waals surface area contributed by atoms with Crippen LogP contribution in [0.5, 0.6) is 5.75 Å². The van der Waals surface area contributed by atoms with E-state index in [0.29, 0.717) is 6.54 Å². The Morgan fingerprint density at radius 3 is 2.67 bits per heavy atom. The molecule has 0 radical (unpaired) electrons. The maximum Gasteiger partial charge on any atom is 0.249 e. The molecule has 2 aromatic rings. The van der Waals surface area contributed by atoms with Crippen molar-refractivity contribution in [2.24, 2.45) is 0 Å². The number of carbonyl (C=O) groups excluding carboxylic acids is 1. The number of anilines is 1. The van der Waals surface area contributed by atoms with E-state index >= 15 is 0 Å². The van der Waals surface area contributed by atoms with Gasteiger partial charge in [0, 0.05) is 18.2 Å². The minimum atomic E-state index is -0.725. The number of carbonyl (C=O) groups is 1. The van der Waals surface area contributed by atoms with Crippen LogP contribution in [0.2, 0.25) is 0 Å². The fourth-order valence-electron chi connectivity index (χ4n) is 2.61. The Morgan fingerprint density at radius 1 is 1.19 bits per heavy atom. The van der Waals surface area contributed by atoms with Gasteiger partial charge in [-0.3, -0.25) is 10.1 Å². The average molecular weight is 282 g/mol. The zero-order valence-electron chi connectivity index (χ0n) is 12.1. The van der Waals surface area contributed by atoms with E-state index in [0.717, 1.165) is 22.6 Å². The third kappa shape index (κ3) is 2.38. The van der Waals surface area contributed by atoms with Gasteiger partial charge in [0.15, 0.2) is 0 Å². The van der Waals surface area contributed by atoms with E-state index in [-0.39, 0.29) is 5.91 Å². The van der Waals surface area contributed by atoms with Crippen molar-refractivity contribution in [3.63, 3.8) is 0 Å². The number of fused-ring (bicyclic) bond motifs is 1. The highest BCUT2D eigenvalue weighted by atomic mass is 16.5. The molecule has 0 aliphatic carbocycles. The predicted molar refractivity (Wildman–Crippen MR) is 82.3 cm³/mol. The highest BCUT2D eigenvalue weighted by Crippen LogP contribution is 2.37. The van der Waals surface area contributed by atoms with Crippen molar-refractivity contribution in [2.75, 3.05) is 12.4 Å². The fourth-order valence-corrected chi connectivity index (χ4v) is 2.61. The molecule has 2 aromatic carbocycles. The zero-order chi connectivity index (χ0) is 14.9. The summed E-state index contributed by atoms with van der Waals surface area (Å²) in [6.45, 7) is 2.54. The summed E-state index contributed by atoms with van der Waals surface area (Å²) in [4.78, 5) is 12.4.